The van der Waals surface area contributed by atoms with E-state index in [0.717, 1.165) is 64.2 Å². The Morgan fingerprint density at radius 2 is 0.926 bits per heavy atom. The lowest BCUT2D eigenvalue weighted by Gasteiger charge is -2.27. The molecule has 8 rings (SSSR count). The molecule has 31 heteroatoms. The smallest absolute Gasteiger partial charge is 0.245 e. The highest BCUT2D eigenvalue weighted by Gasteiger charge is 2.36. The van der Waals surface area contributed by atoms with Crippen LogP contribution in [0, 0.1) is 27.7 Å². The molecule has 0 aliphatic heterocycles. The van der Waals surface area contributed by atoms with E-state index in [0.29, 0.717) is 15.4 Å². The number of thiocarbonyl (C=S) groups is 3. The second kappa shape index (κ2) is 30.0. The van der Waals surface area contributed by atoms with Crippen molar-refractivity contribution < 1.29 is 9.59 Å². The predicted octanol–water partition coefficient (Wildman–Crippen LogP) is 13.5. The van der Waals surface area contributed by atoms with Crippen molar-refractivity contribution in [2.24, 2.45) is 5.73 Å². The molecule has 0 bridgehead atoms. The van der Waals surface area contributed by atoms with Crippen LogP contribution in [-0.2, 0) is 9.59 Å². The van der Waals surface area contributed by atoms with E-state index < -0.39 is 41.7 Å². The number of benzene rings is 3. The topological polar surface area (TPSA) is 221 Å². The number of carbonyl (C=O) groups is 2. The molecule has 8 aromatic rings. The summed E-state index contributed by atoms with van der Waals surface area (Å²) in [5.41, 5.74) is 14.0. The molecular weight excluding hydrogens is 1340 g/mol. The van der Waals surface area contributed by atoms with Crippen LogP contribution in [0.5, 0.6) is 0 Å². The Hall–Kier alpha value is -4.31. The number of aryl methyl sites for hydroxylation is 4. The number of alkyl halides is 9. The third kappa shape index (κ3) is 22.0. The van der Waals surface area contributed by atoms with Crippen LogP contribution in [0.3, 0.4) is 0 Å². The molecule has 3 atom stereocenters. The molecule has 0 aliphatic rings. The summed E-state index contributed by atoms with van der Waals surface area (Å²) in [7, 11) is 0. The van der Waals surface area contributed by atoms with Gasteiger partial charge in [-0.2, -0.15) is 0 Å². The van der Waals surface area contributed by atoms with E-state index >= 15 is 0 Å². The number of fused-ring (bicyclic) bond motifs is 3. The number of nitrogens with one attached hydrogen (secondary N) is 8. The summed E-state index contributed by atoms with van der Waals surface area (Å²) in [5, 5.41) is 24.7. The van der Waals surface area contributed by atoms with Crippen molar-refractivity contribution >= 4 is 260 Å². The lowest BCUT2D eigenvalue weighted by Crippen LogP contribution is -2.55. The molecule has 16 nitrogen and oxygen atoms in total. The first-order valence-corrected chi connectivity index (χ1v) is 30.2. The number of hydrogen-bond acceptors (Lipinski definition) is 14. The molecule has 0 saturated carbocycles. The van der Waals surface area contributed by atoms with Crippen LogP contribution in [0.25, 0.3) is 42.8 Å². The lowest BCUT2D eigenvalue weighted by atomic mass is 10.2. The van der Waals surface area contributed by atoms with Crippen LogP contribution < -0.4 is 48.3 Å². The number of thiazole rings is 3. The Bertz CT molecular complexity index is 3570. The fraction of sp³-hybridized carbons (Fsp3) is 0.200. The number of hydrogen-bond donors (Lipinski definition) is 9. The van der Waals surface area contributed by atoms with E-state index in [-0.39, 0.29) is 15.3 Å². The SMILES string of the molecule is Cc1ccc2sc(NC(=S)NC(N)C(Cl)(Cl)Cl)nc2c1.Cc1ccc2sc(NC(=S)NC(NC(=O)/C=C/c3ccc(C)nc3)C(Cl)(Cl)Cl)nc2c1.Cc1ccc2sc(NC(=S)NC(NC(=O)/C=C/c3cccnc3)C(Cl)(Cl)Cl)nc2c1. The summed E-state index contributed by atoms with van der Waals surface area (Å²) >= 11 is 73.1. The van der Waals surface area contributed by atoms with Gasteiger partial charge in [0.05, 0.1) is 30.6 Å². The van der Waals surface area contributed by atoms with Crippen LogP contribution in [0.1, 0.15) is 33.5 Å². The predicted molar refractivity (Wildman–Crippen MR) is 355 cm³/mol. The summed E-state index contributed by atoms with van der Waals surface area (Å²) in [5.74, 6) is -0.941. The van der Waals surface area contributed by atoms with Crippen LogP contribution in [-0.4, -0.2) is 81.9 Å². The number of pyridine rings is 2. The number of nitrogens with zero attached hydrogens (tertiary/aromatic N) is 5. The maximum absolute atomic E-state index is 12.3. The molecular formula is C50H45Cl9N14O2S6. The average Bonchev–Trinajstić information content (AvgIpc) is 4.29. The number of halogens is 9. The van der Waals surface area contributed by atoms with Crippen molar-refractivity contribution in [2.75, 3.05) is 16.0 Å². The molecule has 426 valence electrons. The van der Waals surface area contributed by atoms with E-state index in [2.05, 4.69) is 67.5 Å². The standard InChI is InChI=1S/C20H18Cl3N5OS2.C19H16Cl3N5OS2.C11H11Cl3N4S2/c1-11-3-7-15-14(9-11)25-19(31-15)28-18(30)27-17(20(21,22)23)26-16(29)8-6-13-5-4-12(2)24-10-13;1-11-4-6-14-13(9-11)24-18(30-14)27-17(29)26-16(19(20,21)22)25-15(28)7-5-12-3-2-8-23-10-12;1-5-2-3-7-6(4-5)16-10(20-7)18-9(19)17-8(15)11(12,13)14/h3-10,17H,1-2H3,(H,26,29)(H2,25,27,28,30);2-10,16H,1H3,(H,25,28)(H2,24,26,27,29);2-4,8H,15H2,1H3,(H2,16,17,18,19)/b8-6+;7-5+;. The van der Waals surface area contributed by atoms with E-state index in [1.807, 2.05) is 94.4 Å². The van der Waals surface area contributed by atoms with Gasteiger partial charge in [-0.25, -0.2) is 15.0 Å². The maximum atomic E-state index is 12.3. The average molecular weight is 1390 g/mol. The van der Waals surface area contributed by atoms with E-state index in [4.69, 9.17) is 147 Å². The number of anilines is 3. The number of carbonyl (C=O) groups excluding carboxylic acids is 2. The number of nitrogens with two attached hydrogens (primary N) is 1. The van der Waals surface area contributed by atoms with Gasteiger partial charge in [-0.15, -0.1) is 0 Å². The Morgan fingerprint density at radius 3 is 1.27 bits per heavy atom. The van der Waals surface area contributed by atoms with Gasteiger partial charge in [-0.1, -0.05) is 169 Å². The third-order valence-electron chi connectivity index (χ3n) is 10.2. The van der Waals surface area contributed by atoms with Crippen molar-refractivity contribution in [3.8, 4) is 0 Å². The van der Waals surface area contributed by atoms with Gasteiger partial charge >= 0.3 is 0 Å². The van der Waals surface area contributed by atoms with Gasteiger partial charge in [0, 0.05) is 36.4 Å². The highest BCUT2D eigenvalue weighted by molar-refractivity contribution is 7.81. The van der Waals surface area contributed by atoms with Crippen molar-refractivity contribution in [1.29, 1.82) is 0 Å². The van der Waals surface area contributed by atoms with Gasteiger partial charge in [0.15, 0.2) is 30.7 Å². The van der Waals surface area contributed by atoms with Crippen molar-refractivity contribution in [1.82, 2.24) is 51.5 Å². The van der Waals surface area contributed by atoms with Crippen LogP contribution in [0.2, 0.25) is 0 Å². The number of amides is 2. The van der Waals surface area contributed by atoms with Gasteiger partial charge in [0.25, 0.3) is 0 Å². The molecule has 0 spiro atoms. The van der Waals surface area contributed by atoms with Gasteiger partial charge in [0.1, 0.15) is 18.5 Å². The van der Waals surface area contributed by atoms with Gasteiger partial charge in [-0.05, 0) is 153 Å². The molecule has 3 unspecified atom stereocenters. The minimum Gasteiger partial charge on any atom is -0.343 e. The summed E-state index contributed by atoms with van der Waals surface area (Å²) in [6.45, 7) is 7.88. The highest BCUT2D eigenvalue weighted by Crippen LogP contribution is 2.33. The number of rotatable bonds is 12. The van der Waals surface area contributed by atoms with Crippen molar-refractivity contribution in [2.45, 2.75) is 57.6 Å². The molecule has 81 heavy (non-hydrogen) atoms. The summed E-state index contributed by atoms with van der Waals surface area (Å²) in [6, 6.07) is 25.2. The Kier molecular flexibility index (Phi) is 24.4. The Morgan fingerprint density at radius 1 is 0.531 bits per heavy atom. The quantitative estimate of drug-likeness (QED) is 0.0240. The molecule has 0 aliphatic carbocycles. The first kappa shape index (κ1) is 65.8. The largest absolute Gasteiger partial charge is 0.343 e. The van der Waals surface area contributed by atoms with Gasteiger partial charge in [-0.3, -0.25) is 19.6 Å². The number of aromatic nitrogens is 5. The van der Waals surface area contributed by atoms with E-state index in [9.17, 15) is 9.59 Å². The first-order valence-electron chi connectivity index (χ1n) is 23.2. The highest BCUT2D eigenvalue weighted by atomic mass is 35.6. The molecule has 5 heterocycles. The zero-order valence-electron chi connectivity index (χ0n) is 42.3. The molecule has 0 radical (unpaired) electrons. The lowest BCUT2D eigenvalue weighted by molar-refractivity contribution is -0.118. The van der Waals surface area contributed by atoms with Crippen LogP contribution >= 0.6 is 175 Å². The van der Waals surface area contributed by atoms with Gasteiger partial charge in [0.2, 0.25) is 23.2 Å². The van der Waals surface area contributed by atoms with Crippen molar-refractivity contribution in [3.05, 3.63) is 143 Å². The fourth-order valence-electron chi connectivity index (χ4n) is 6.33. The van der Waals surface area contributed by atoms with E-state index in [1.165, 1.54) is 46.2 Å². The zero-order valence-corrected chi connectivity index (χ0v) is 54.0. The molecule has 10 N–H and O–H groups in total. The molecule has 5 aromatic heterocycles. The van der Waals surface area contributed by atoms with Crippen LogP contribution in [0.4, 0.5) is 15.4 Å². The first-order chi connectivity index (χ1) is 38.1. The third-order valence-corrected chi connectivity index (χ3v) is 15.7. The summed E-state index contributed by atoms with van der Waals surface area (Å²) in [4.78, 5) is 46.1. The second-order valence-corrected chi connectivity index (χ2v) is 28.4. The minimum atomic E-state index is -1.86. The summed E-state index contributed by atoms with van der Waals surface area (Å²) < 4.78 is -2.27. The minimum absolute atomic E-state index is 0.152. The molecule has 0 saturated heterocycles. The van der Waals surface area contributed by atoms with Crippen LogP contribution in [0.15, 0.2) is 110 Å². The second-order valence-electron chi connectivity index (χ2n) is 16.9. The fourth-order valence-corrected chi connectivity index (χ4v) is 10.6. The van der Waals surface area contributed by atoms with Crippen molar-refractivity contribution in [3.63, 3.8) is 0 Å². The Balaban J connectivity index is 0.000000200. The Labute approximate surface area is 538 Å². The molecule has 3 aromatic carbocycles. The zero-order chi connectivity index (χ0) is 59.2. The summed E-state index contributed by atoms with van der Waals surface area (Å²) in [6.07, 6.45) is 7.68. The normalized spacial score (nSPS) is 12.8. The molecule has 2 amide bonds. The maximum Gasteiger partial charge on any atom is 0.245 e. The van der Waals surface area contributed by atoms with Gasteiger partial charge < -0.3 is 48.3 Å². The monoisotopic (exact) mass is 1380 g/mol. The van der Waals surface area contributed by atoms with E-state index in [1.54, 1.807) is 42.9 Å². The molecule has 0 fully saturated rings.